The number of carbonyl (C=O) groups excluding carboxylic acids is 2. The van der Waals surface area contributed by atoms with Crippen molar-refractivity contribution in [2.75, 3.05) is 13.6 Å². The molecule has 2 rings (SSSR count). The number of benzene rings is 2. The summed E-state index contributed by atoms with van der Waals surface area (Å²) in [5, 5.41) is 3.63. The Labute approximate surface area is 199 Å². The summed E-state index contributed by atoms with van der Waals surface area (Å²) in [5.41, 5.74) is 0.648. The van der Waals surface area contributed by atoms with E-state index in [9.17, 15) is 18.0 Å². The van der Waals surface area contributed by atoms with Crippen molar-refractivity contribution in [3.8, 4) is 0 Å². The number of amides is 2. The minimum Gasteiger partial charge on any atom is -0.352 e. The lowest BCUT2D eigenvalue weighted by atomic mass is 10.1. The molecule has 2 aromatic carbocycles. The van der Waals surface area contributed by atoms with Crippen LogP contribution >= 0.6 is 23.2 Å². The molecule has 0 bridgehead atoms. The number of nitrogens with one attached hydrogen (secondary N) is 1. The molecule has 0 aliphatic rings. The summed E-state index contributed by atoms with van der Waals surface area (Å²) in [6.45, 7) is 4.84. The van der Waals surface area contributed by atoms with E-state index >= 15 is 0 Å². The Morgan fingerprint density at radius 3 is 2.16 bits per heavy atom. The molecule has 2 amide bonds. The van der Waals surface area contributed by atoms with E-state index in [-0.39, 0.29) is 23.4 Å². The van der Waals surface area contributed by atoms with Crippen molar-refractivity contribution in [3.63, 3.8) is 0 Å². The van der Waals surface area contributed by atoms with E-state index in [0.29, 0.717) is 15.6 Å². The molecule has 0 aromatic heterocycles. The summed E-state index contributed by atoms with van der Waals surface area (Å²) >= 11 is 12.1. The molecule has 0 radical (unpaired) electrons. The minimum atomic E-state index is -3.93. The number of likely N-dealkylation sites (N-methyl/N-ethyl adjacent to an activating group) is 1. The fourth-order valence-electron chi connectivity index (χ4n) is 2.95. The maximum atomic E-state index is 13.2. The van der Waals surface area contributed by atoms with Gasteiger partial charge in [-0.25, -0.2) is 8.42 Å². The van der Waals surface area contributed by atoms with Gasteiger partial charge in [0.25, 0.3) is 0 Å². The van der Waals surface area contributed by atoms with Crippen LogP contribution in [0.15, 0.2) is 53.4 Å². The van der Waals surface area contributed by atoms with Crippen LogP contribution in [-0.4, -0.2) is 55.1 Å². The van der Waals surface area contributed by atoms with E-state index in [1.165, 1.54) is 36.2 Å². The van der Waals surface area contributed by atoms with Crippen molar-refractivity contribution in [3.05, 3.63) is 64.1 Å². The number of halogens is 2. The van der Waals surface area contributed by atoms with Crippen LogP contribution < -0.4 is 5.32 Å². The first-order valence-electron chi connectivity index (χ1n) is 9.98. The summed E-state index contributed by atoms with van der Waals surface area (Å²) in [6.07, 6.45) is 0. The van der Waals surface area contributed by atoms with Crippen LogP contribution in [0.3, 0.4) is 0 Å². The van der Waals surface area contributed by atoms with E-state index in [1.807, 2.05) is 13.8 Å². The molecule has 2 aromatic rings. The number of nitrogens with zero attached hydrogens (tertiary/aromatic N) is 2. The molecule has 0 fully saturated rings. The summed E-state index contributed by atoms with van der Waals surface area (Å²) in [6, 6.07) is 11.7. The number of rotatable bonds is 9. The monoisotopic (exact) mass is 499 g/mol. The van der Waals surface area contributed by atoms with Crippen LogP contribution in [0.25, 0.3) is 0 Å². The molecule has 1 atom stereocenters. The molecule has 0 aliphatic carbocycles. The van der Waals surface area contributed by atoms with Gasteiger partial charge < -0.3 is 10.2 Å². The Kier molecular flexibility index (Phi) is 9.09. The molecular formula is C22H27Cl2N3O4S. The predicted octanol–water partition coefficient (Wildman–Crippen LogP) is 3.56. The molecule has 0 unspecified atom stereocenters. The van der Waals surface area contributed by atoms with Crippen LogP contribution in [0.4, 0.5) is 0 Å². The molecule has 0 spiro atoms. The molecule has 10 heteroatoms. The SMILES string of the molecule is CC(C)NC(=O)[C@@H](C)N(Cc1ccccc1Cl)C(=O)CN(C)S(=O)(=O)c1ccc(Cl)cc1. The van der Waals surface area contributed by atoms with Gasteiger partial charge in [0.05, 0.1) is 11.4 Å². The number of sulfonamides is 1. The number of hydrogen-bond acceptors (Lipinski definition) is 4. The first kappa shape index (κ1) is 26.1. The second-order valence-electron chi connectivity index (χ2n) is 7.67. The van der Waals surface area contributed by atoms with Crippen LogP contribution in [0.5, 0.6) is 0 Å². The molecule has 174 valence electrons. The second kappa shape index (κ2) is 11.1. The van der Waals surface area contributed by atoms with Gasteiger partial charge in [0, 0.05) is 29.7 Å². The Morgan fingerprint density at radius 2 is 1.59 bits per heavy atom. The topological polar surface area (TPSA) is 86.8 Å². The van der Waals surface area contributed by atoms with Gasteiger partial charge >= 0.3 is 0 Å². The van der Waals surface area contributed by atoms with Crippen LogP contribution in [0, 0.1) is 0 Å². The quantitative estimate of drug-likeness (QED) is 0.571. The standard InChI is InChI=1S/C22H27Cl2N3O4S/c1-15(2)25-22(29)16(3)27(13-17-7-5-6-8-20(17)24)21(28)14-26(4)32(30,31)19-11-9-18(23)10-12-19/h5-12,15-16H,13-14H2,1-4H3,(H,25,29)/t16-/m1/s1. The average molecular weight is 500 g/mol. The highest BCUT2D eigenvalue weighted by molar-refractivity contribution is 7.89. The fraction of sp³-hybridized carbons (Fsp3) is 0.364. The van der Waals surface area contributed by atoms with Crippen molar-refractivity contribution in [2.24, 2.45) is 0 Å². The summed E-state index contributed by atoms with van der Waals surface area (Å²) in [7, 11) is -2.62. The van der Waals surface area contributed by atoms with Crippen molar-refractivity contribution >= 4 is 45.0 Å². The van der Waals surface area contributed by atoms with Crippen LogP contribution in [0.1, 0.15) is 26.3 Å². The van der Waals surface area contributed by atoms with Crippen molar-refractivity contribution < 1.29 is 18.0 Å². The molecule has 0 saturated heterocycles. The van der Waals surface area contributed by atoms with Gasteiger partial charge in [-0.1, -0.05) is 41.4 Å². The van der Waals surface area contributed by atoms with E-state index in [1.54, 1.807) is 31.2 Å². The lowest BCUT2D eigenvalue weighted by Crippen LogP contribution is -2.51. The van der Waals surface area contributed by atoms with Crippen LogP contribution in [-0.2, 0) is 26.2 Å². The molecular weight excluding hydrogens is 473 g/mol. The molecule has 0 aliphatic heterocycles. The van der Waals surface area contributed by atoms with E-state index in [4.69, 9.17) is 23.2 Å². The fourth-order valence-corrected chi connectivity index (χ4v) is 4.39. The Balaban J connectivity index is 2.29. The van der Waals surface area contributed by atoms with Gasteiger partial charge in [0.15, 0.2) is 0 Å². The molecule has 0 heterocycles. The number of hydrogen-bond donors (Lipinski definition) is 1. The first-order chi connectivity index (χ1) is 14.9. The van der Waals surface area contributed by atoms with Crippen molar-refractivity contribution in [1.29, 1.82) is 0 Å². The molecule has 7 nitrogen and oxygen atoms in total. The molecule has 1 N–H and O–H groups in total. The zero-order chi connectivity index (χ0) is 24.1. The zero-order valence-corrected chi connectivity index (χ0v) is 20.7. The van der Waals surface area contributed by atoms with Gasteiger partial charge in [-0.3, -0.25) is 9.59 Å². The van der Waals surface area contributed by atoms with Gasteiger partial charge in [-0.2, -0.15) is 4.31 Å². The largest absolute Gasteiger partial charge is 0.352 e. The minimum absolute atomic E-state index is 0.0143. The van der Waals surface area contributed by atoms with Gasteiger partial charge in [0.1, 0.15) is 6.04 Å². The lowest BCUT2D eigenvalue weighted by Gasteiger charge is -2.31. The van der Waals surface area contributed by atoms with E-state index < -0.39 is 28.5 Å². The highest BCUT2D eigenvalue weighted by Crippen LogP contribution is 2.21. The third-order valence-electron chi connectivity index (χ3n) is 4.78. The maximum absolute atomic E-state index is 13.2. The summed E-state index contributed by atoms with van der Waals surface area (Å²) in [5.74, 6) is -0.875. The third-order valence-corrected chi connectivity index (χ3v) is 7.21. The highest BCUT2D eigenvalue weighted by atomic mass is 35.5. The van der Waals surface area contributed by atoms with Crippen molar-refractivity contribution in [2.45, 2.75) is 44.3 Å². The Hall–Kier alpha value is -2.13. The Bertz CT molecular complexity index is 1060. The average Bonchev–Trinajstić information content (AvgIpc) is 2.72. The number of carbonyl (C=O) groups is 2. The highest BCUT2D eigenvalue weighted by Gasteiger charge is 2.30. The zero-order valence-electron chi connectivity index (χ0n) is 18.4. The smallest absolute Gasteiger partial charge is 0.243 e. The maximum Gasteiger partial charge on any atom is 0.243 e. The second-order valence-corrected chi connectivity index (χ2v) is 10.6. The molecule has 32 heavy (non-hydrogen) atoms. The first-order valence-corrected chi connectivity index (χ1v) is 12.2. The van der Waals surface area contributed by atoms with E-state index in [0.717, 1.165) is 4.31 Å². The van der Waals surface area contributed by atoms with Crippen molar-refractivity contribution in [1.82, 2.24) is 14.5 Å². The van der Waals surface area contributed by atoms with Gasteiger partial charge in [-0.05, 0) is 56.7 Å². The van der Waals surface area contributed by atoms with Gasteiger partial charge in [-0.15, -0.1) is 0 Å². The summed E-state index contributed by atoms with van der Waals surface area (Å²) < 4.78 is 26.7. The summed E-state index contributed by atoms with van der Waals surface area (Å²) in [4.78, 5) is 27.2. The van der Waals surface area contributed by atoms with Crippen LogP contribution in [0.2, 0.25) is 10.0 Å². The lowest BCUT2D eigenvalue weighted by molar-refractivity contribution is -0.140. The predicted molar refractivity (Wildman–Crippen MR) is 126 cm³/mol. The van der Waals surface area contributed by atoms with E-state index in [2.05, 4.69) is 5.32 Å². The third kappa shape index (κ3) is 6.68. The normalized spacial score (nSPS) is 12.6. The Morgan fingerprint density at radius 1 is 1.00 bits per heavy atom. The van der Waals surface area contributed by atoms with Gasteiger partial charge in [0.2, 0.25) is 21.8 Å². The molecule has 0 saturated carbocycles.